The van der Waals surface area contributed by atoms with Gasteiger partial charge in [0.25, 0.3) is 5.91 Å². The van der Waals surface area contributed by atoms with Gasteiger partial charge in [0, 0.05) is 30.1 Å². The van der Waals surface area contributed by atoms with Crippen molar-refractivity contribution in [2.45, 2.75) is 64.3 Å². The number of nitrogens with zero attached hydrogens (tertiary/aromatic N) is 1. The third-order valence-corrected chi connectivity index (χ3v) is 6.70. The van der Waals surface area contributed by atoms with E-state index in [1.807, 2.05) is 0 Å². The van der Waals surface area contributed by atoms with E-state index in [0.29, 0.717) is 54.2 Å². The first kappa shape index (κ1) is 21.9. The predicted molar refractivity (Wildman–Crippen MR) is 115 cm³/mol. The lowest BCUT2D eigenvalue weighted by atomic mass is 9.93. The fourth-order valence-electron chi connectivity index (χ4n) is 4.70. The first-order chi connectivity index (χ1) is 14.0. The highest BCUT2D eigenvalue weighted by molar-refractivity contribution is 6.31. The number of unbranched alkanes of at least 4 members (excludes halogenated alkanes) is 1. The molecule has 1 aromatic rings. The van der Waals surface area contributed by atoms with Crippen LogP contribution in [0.5, 0.6) is 5.75 Å². The fourth-order valence-corrected chi connectivity index (χ4v) is 4.87. The topological polar surface area (TPSA) is 58.6 Å². The van der Waals surface area contributed by atoms with Gasteiger partial charge in [0.1, 0.15) is 5.75 Å². The van der Waals surface area contributed by atoms with Crippen LogP contribution in [0.2, 0.25) is 5.02 Å². The van der Waals surface area contributed by atoms with Crippen LogP contribution in [0.3, 0.4) is 0 Å². The van der Waals surface area contributed by atoms with Crippen molar-refractivity contribution in [3.05, 3.63) is 28.8 Å². The van der Waals surface area contributed by atoms with Crippen molar-refractivity contribution >= 4 is 23.4 Å². The lowest BCUT2D eigenvalue weighted by Crippen LogP contribution is -2.46. The molecular weight excluding hydrogens is 388 g/mol. The molecule has 29 heavy (non-hydrogen) atoms. The van der Waals surface area contributed by atoms with Crippen LogP contribution in [-0.2, 0) is 4.79 Å². The van der Waals surface area contributed by atoms with E-state index in [1.54, 1.807) is 30.2 Å². The van der Waals surface area contributed by atoms with Gasteiger partial charge >= 0.3 is 0 Å². The Hall–Kier alpha value is -1.75. The Balaban J connectivity index is 1.53. The fraction of sp³-hybridized carbons (Fsp3) is 0.652. The van der Waals surface area contributed by atoms with Gasteiger partial charge in [-0.3, -0.25) is 9.59 Å². The standard InChI is InChI=1S/C23H33ClN2O3/c1-3-4-6-16-7-5-8-20(16)25-22(27)17-11-13-26(14-12-17)23(28)19-15-18(24)9-10-21(19)29-2/h9-10,15-17,20H,3-8,11-14H2,1-2H3,(H,25,27). The number of ether oxygens (including phenoxy) is 1. The summed E-state index contributed by atoms with van der Waals surface area (Å²) in [6.45, 7) is 3.38. The highest BCUT2D eigenvalue weighted by Crippen LogP contribution is 2.31. The SMILES string of the molecule is CCCCC1CCCC1NC(=O)C1CCN(C(=O)c2cc(Cl)ccc2OC)CC1. The monoisotopic (exact) mass is 420 g/mol. The highest BCUT2D eigenvalue weighted by atomic mass is 35.5. The Kier molecular flexibility index (Phi) is 7.82. The van der Waals surface area contributed by atoms with Gasteiger partial charge in [-0.25, -0.2) is 0 Å². The van der Waals surface area contributed by atoms with E-state index in [-0.39, 0.29) is 17.7 Å². The van der Waals surface area contributed by atoms with Gasteiger partial charge in [-0.2, -0.15) is 0 Å². The number of piperidine rings is 1. The van der Waals surface area contributed by atoms with Crippen LogP contribution in [0.4, 0.5) is 0 Å². The summed E-state index contributed by atoms with van der Waals surface area (Å²) < 4.78 is 5.31. The molecule has 1 N–H and O–H groups in total. The van der Waals surface area contributed by atoms with Crippen LogP contribution >= 0.6 is 11.6 Å². The third kappa shape index (κ3) is 5.44. The molecule has 0 bridgehead atoms. The van der Waals surface area contributed by atoms with Gasteiger partial charge in [0.05, 0.1) is 12.7 Å². The summed E-state index contributed by atoms with van der Waals surface area (Å²) in [5, 5.41) is 3.84. The number of carbonyl (C=O) groups excluding carboxylic acids is 2. The van der Waals surface area contributed by atoms with Gasteiger partial charge in [-0.15, -0.1) is 0 Å². The molecule has 0 aromatic heterocycles. The lowest BCUT2D eigenvalue weighted by Gasteiger charge is -2.33. The van der Waals surface area contributed by atoms with E-state index in [0.717, 1.165) is 6.42 Å². The Morgan fingerprint density at radius 3 is 2.66 bits per heavy atom. The number of amides is 2. The van der Waals surface area contributed by atoms with Crippen molar-refractivity contribution < 1.29 is 14.3 Å². The summed E-state index contributed by atoms with van der Waals surface area (Å²) >= 11 is 6.07. The normalized spacial score (nSPS) is 22.5. The van der Waals surface area contributed by atoms with Crippen LogP contribution < -0.4 is 10.1 Å². The Morgan fingerprint density at radius 1 is 1.21 bits per heavy atom. The zero-order chi connectivity index (χ0) is 20.8. The second-order valence-electron chi connectivity index (χ2n) is 8.36. The molecule has 2 fully saturated rings. The molecule has 1 saturated carbocycles. The molecule has 1 aromatic carbocycles. The van der Waals surface area contributed by atoms with Crippen LogP contribution in [0, 0.1) is 11.8 Å². The van der Waals surface area contributed by atoms with Gasteiger partial charge in [0.15, 0.2) is 0 Å². The summed E-state index contributed by atoms with van der Waals surface area (Å²) in [6.07, 6.45) is 8.63. The van der Waals surface area contributed by atoms with E-state index in [1.165, 1.54) is 32.1 Å². The molecule has 1 aliphatic heterocycles. The average Bonchev–Trinajstić information content (AvgIpc) is 3.18. The molecule has 0 spiro atoms. The minimum Gasteiger partial charge on any atom is -0.496 e. The molecule has 1 aliphatic carbocycles. The van der Waals surface area contributed by atoms with E-state index in [2.05, 4.69) is 12.2 Å². The van der Waals surface area contributed by atoms with Crippen molar-refractivity contribution in [3.8, 4) is 5.75 Å². The summed E-state index contributed by atoms with van der Waals surface area (Å²) in [5.41, 5.74) is 0.479. The molecule has 160 valence electrons. The number of hydrogen-bond donors (Lipinski definition) is 1. The molecule has 2 aliphatic rings. The summed E-state index contributed by atoms with van der Waals surface area (Å²) in [6, 6.07) is 5.42. The number of rotatable bonds is 7. The number of carbonyl (C=O) groups is 2. The molecule has 2 amide bonds. The average molecular weight is 421 g/mol. The van der Waals surface area contributed by atoms with Gasteiger partial charge in [0.2, 0.25) is 5.91 Å². The maximum Gasteiger partial charge on any atom is 0.257 e. The predicted octanol–water partition coefficient (Wildman–Crippen LogP) is 4.68. The van der Waals surface area contributed by atoms with Crippen LogP contribution in [0.15, 0.2) is 18.2 Å². The molecule has 2 atom stereocenters. The lowest BCUT2D eigenvalue weighted by molar-refractivity contribution is -0.127. The number of benzene rings is 1. The maximum absolute atomic E-state index is 12.9. The first-order valence-electron chi connectivity index (χ1n) is 11.0. The molecule has 6 heteroatoms. The highest BCUT2D eigenvalue weighted by Gasteiger charge is 2.33. The zero-order valence-electron chi connectivity index (χ0n) is 17.6. The van der Waals surface area contributed by atoms with Crippen LogP contribution in [0.25, 0.3) is 0 Å². The molecule has 1 heterocycles. The Bertz CT molecular complexity index is 716. The molecule has 0 radical (unpaired) electrons. The quantitative estimate of drug-likeness (QED) is 0.696. The maximum atomic E-state index is 12.9. The van der Waals surface area contributed by atoms with Gasteiger partial charge < -0.3 is 15.0 Å². The van der Waals surface area contributed by atoms with Gasteiger partial charge in [-0.1, -0.05) is 37.8 Å². The number of likely N-dealkylation sites (tertiary alicyclic amines) is 1. The smallest absolute Gasteiger partial charge is 0.257 e. The van der Waals surface area contributed by atoms with Crippen molar-refractivity contribution in [1.82, 2.24) is 10.2 Å². The number of hydrogen-bond acceptors (Lipinski definition) is 3. The van der Waals surface area contributed by atoms with E-state index < -0.39 is 0 Å². The third-order valence-electron chi connectivity index (χ3n) is 6.46. The summed E-state index contributed by atoms with van der Waals surface area (Å²) in [5.74, 6) is 1.24. The van der Waals surface area contributed by atoms with Crippen LogP contribution in [-0.4, -0.2) is 43.0 Å². The van der Waals surface area contributed by atoms with Crippen molar-refractivity contribution in [1.29, 1.82) is 0 Å². The largest absolute Gasteiger partial charge is 0.496 e. The molecule has 3 rings (SSSR count). The summed E-state index contributed by atoms with van der Waals surface area (Å²) in [4.78, 5) is 27.5. The van der Waals surface area contributed by atoms with Gasteiger partial charge in [-0.05, 0) is 56.2 Å². The molecular formula is C23H33ClN2O3. The van der Waals surface area contributed by atoms with E-state index in [9.17, 15) is 9.59 Å². The van der Waals surface area contributed by atoms with Crippen LogP contribution in [0.1, 0.15) is 68.6 Å². The van der Waals surface area contributed by atoms with E-state index in [4.69, 9.17) is 16.3 Å². The minimum absolute atomic E-state index is 0.00673. The molecule has 1 saturated heterocycles. The Morgan fingerprint density at radius 2 is 1.97 bits per heavy atom. The van der Waals surface area contributed by atoms with E-state index >= 15 is 0 Å². The molecule has 2 unspecified atom stereocenters. The zero-order valence-corrected chi connectivity index (χ0v) is 18.3. The van der Waals surface area contributed by atoms with Crippen molar-refractivity contribution in [2.24, 2.45) is 11.8 Å². The Labute approximate surface area is 179 Å². The first-order valence-corrected chi connectivity index (χ1v) is 11.3. The number of halogens is 1. The second kappa shape index (κ2) is 10.3. The molecule has 5 nitrogen and oxygen atoms in total. The minimum atomic E-state index is -0.0846. The second-order valence-corrected chi connectivity index (χ2v) is 8.80. The van der Waals surface area contributed by atoms with Crippen molar-refractivity contribution in [3.63, 3.8) is 0 Å². The number of nitrogens with one attached hydrogen (secondary N) is 1. The van der Waals surface area contributed by atoms with Crippen molar-refractivity contribution in [2.75, 3.05) is 20.2 Å². The number of methoxy groups -OCH3 is 1. The summed E-state index contributed by atoms with van der Waals surface area (Å²) in [7, 11) is 1.55.